The third-order valence-electron chi connectivity index (χ3n) is 3.63. The van der Waals surface area contributed by atoms with Gasteiger partial charge in [0.25, 0.3) is 5.69 Å². The number of nitriles is 1. The van der Waals surface area contributed by atoms with Gasteiger partial charge in [0.15, 0.2) is 5.82 Å². The first-order valence-electron chi connectivity index (χ1n) is 7.02. The van der Waals surface area contributed by atoms with Gasteiger partial charge in [-0.1, -0.05) is 0 Å². The van der Waals surface area contributed by atoms with Gasteiger partial charge in [-0.15, -0.1) is 0 Å². The smallest absolute Gasteiger partial charge is 0.287 e. The fraction of sp³-hybridized carbons (Fsp3) is 0.357. The van der Waals surface area contributed by atoms with E-state index < -0.39 is 4.92 Å². The number of aryl methyl sites for hydroxylation is 1. The number of nitro groups is 1. The van der Waals surface area contributed by atoms with Gasteiger partial charge in [-0.05, 0) is 19.1 Å². The number of aromatic nitrogens is 3. The Morgan fingerprint density at radius 2 is 2.39 bits per heavy atom. The van der Waals surface area contributed by atoms with E-state index in [2.05, 4.69) is 15.2 Å². The van der Waals surface area contributed by atoms with Crippen LogP contribution in [-0.2, 0) is 4.74 Å². The minimum atomic E-state index is -0.555. The summed E-state index contributed by atoms with van der Waals surface area (Å²) in [5.74, 6) is 1.29. The van der Waals surface area contributed by atoms with E-state index in [0.29, 0.717) is 31.3 Å². The highest BCUT2D eigenvalue weighted by atomic mass is 16.6. The molecule has 1 saturated heterocycles. The summed E-state index contributed by atoms with van der Waals surface area (Å²) >= 11 is 0. The van der Waals surface area contributed by atoms with Gasteiger partial charge in [-0.2, -0.15) is 10.4 Å². The number of morpholine rings is 1. The molecular formula is C14H14N6O3. The summed E-state index contributed by atoms with van der Waals surface area (Å²) in [5.41, 5.74) is 0.600. The zero-order chi connectivity index (χ0) is 16.4. The van der Waals surface area contributed by atoms with Crippen LogP contribution < -0.4 is 4.90 Å². The lowest BCUT2D eigenvalue weighted by Gasteiger charge is -2.33. The highest BCUT2D eigenvalue weighted by molar-refractivity contribution is 5.60. The van der Waals surface area contributed by atoms with Crippen LogP contribution in [-0.4, -0.2) is 39.8 Å². The van der Waals surface area contributed by atoms with E-state index in [1.807, 2.05) is 17.9 Å². The lowest BCUT2D eigenvalue weighted by Crippen LogP contribution is -2.38. The Balaban J connectivity index is 1.84. The molecule has 1 aromatic carbocycles. The zero-order valence-corrected chi connectivity index (χ0v) is 12.4. The summed E-state index contributed by atoms with van der Waals surface area (Å²) < 4.78 is 5.69. The van der Waals surface area contributed by atoms with Crippen molar-refractivity contribution in [3.8, 4) is 6.07 Å². The summed E-state index contributed by atoms with van der Waals surface area (Å²) in [6, 6.07) is 6.40. The predicted molar refractivity (Wildman–Crippen MR) is 79.8 cm³/mol. The Morgan fingerprint density at radius 3 is 3.04 bits per heavy atom. The molecule has 0 saturated carbocycles. The molecule has 0 amide bonds. The molecule has 1 N–H and O–H groups in total. The van der Waals surface area contributed by atoms with Crippen molar-refractivity contribution in [2.75, 3.05) is 24.6 Å². The number of H-pyrrole nitrogens is 1. The molecule has 2 aromatic rings. The van der Waals surface area contributed by atoms with Crippen molar-refractivity contribution in [2.45, 2.75) is 13.0 Å². The van der Waals surface area contributed by atoms with Crippen molar-refractivity contribution in [3.05, 3.63) is 45.5 Å². The largest absolute Gasteiger partial charge is 0.366 e. The molecule has 1 aromatic heterocycles. The molecule has 23 heavy (non-hydrogen) atoms. The maximum absolute atomic E-state index is 10.9. The number of ether oxygens (including phenoxy) is 1. The Morgan fingerprint density at radius 1 is 1.57 bits per heavy atom. The molecule has 0 spiro atoms. The molecule has 0 radical (unpaired) electrons. The first-order valence-corrected chi connectivity index (χ1v) is 7.02. The standard InChI is InChI=1S/C14H14N6O3/c1-9-16-14(18-17-9)13-8-19(4-5-23-13)11-2-3-12(20(21)22)10(6-11)7-15/h2-3,6,13H,4-5,8H2,1H3,(H,16,17,18). The second-order valence-corrected chi connectivity index (χ2v) is 5.15. The molecule has 1 atom stereocenters. The summed E-state index contributed by atoms with van der Waals surface area (Å²) in [4.78, 5) is 16.6. The maximum atomic E-state index is 10.9. The van der Waals surface area contributed by atoms with E-state index in [-0.39, 0.29) is 17.4 Å². The Kier molecular flexibility index (Phi) is 3.91. The molecule has 1 fully saturated rings. The summed E-state index contributed by atoms with van der Waals surface area (Å²) in [7, 11) is 0. The fourth-order valence-electron chi connectivity index (χ4n) is 2.51. The number of rotatable bonds is 3. The molecule has 0 aliphatic carbocycles. The molecule has 1 aliphatic heterocycles. The third kappa shape index (κ3) is 2.97. The maximum Gasteiger partial charge on any atom is 0.287 e. The second-order valence-electron chi connectivity index (χ2n) is 5.15. The average molecular weight is 314 g/mol. The van der Waals surface area contributed by atoms with Crippen LogP contribution in [0.2, 0.25) is 0 Å². The SMILES string of the molecule is Cc1nc(C2CN(c3ccc([N+](=O)[O-])c(C#N)c3)CCO2)n[nH]1. The number of aromatic amines is 1. The van der Waals surface area contributed by atoms with Gasteiger partial charge < -0.3 is 9.64 Å². The van der Waals surface area contributed by atoms with Crippen LogP contribution in [0.15, 0.2) is 18.2 Å². The highest BCUT2D eigenvalue weighted by Gasteiger charge is 2.26. The minimum absolute atomic E-state index is 0.0456. The second kappa shape index (κ2) is 6.02. The number of nitrogens with one attached hydrogen (secondary N) is 1. The number of hydrogen-bond donors (Lipinski definition) is 1. The monoisotopic (exact) mass is 314 g/mol. The highest BCUT2D eigenvalue weighted by Crippen LogP contribution is 2.28. The molecule has 9 nitrogen and oxygen atoms in total. The van der Waals surface area contributed by atoms with Crippen LogP contribution >= 0.6 is 0 Å². The van der Waals surface area contributed by atoms with Gasteiger partial charge >= 0.3 is 0 Å². The van der Waals surface area contributed by atoms with Crippen molar-refractivity contribution in [2.24, 2.45) is 0 Å². The first-order chi connectivity index (χ1) is 11.1. The molecule has 118 valence electrons. The number of nitrogens with zero attached hydrogens (tertiary/aromatic N) is 5. The molecule has 1 unspecified atom stereocenters. The van der Waals surface area contributed by atoms with E-state index in [1.165, 1.54) is 12.1 Å². The van der Waals surface area contributed by atoms with E-state index in [9.17, 15) is 10.1 Å². The molecule has 0 bridgehead atoms. The molecule has 9 heteroatoms. The molecule has 3 rings (SSSR count). The normalized spacial score (nSPS) is 17.7. The first kappa shape index (κ1) is 14.9. The van der Waals surface area contributed by atoms with E-state index in [0.717, 1.165) is 5.69 Å². The van der Waals surface area contributed by atoms with Gasteiger partial charge in [0.1, 0.15) is 23.6 Å². The average Bonchev–Trinajstić information content (AvgIpc) is 3.01. The van der Waals surface area contributed by atoms with Crippen molar-refractivity contribution in [1.82, 2.24) is 15.2 Å². The predicted octanol–water partition coefficient (Wildman–Crippen LogP) is 1.47. The van der Waals surface area contributed by atoms with Gasteiger partial charge in [0, 0.05) is 18.3 Å². The number of benzene rings is 1. The van der Waals surface area contributed by atoms with Crippen LogP contribution in [0.3, 0.4) is 0 Å². The van der Waals surface area contributed by atoms with E-state index >= 15 is 0 Å². The van der Waals surface area contributed by atoms with E-state index in [1.54, 1.807) is 6.07 Å². The van der Waals surface area contributed by atoms with Crippen LogP contribution in [0.4, 0.5) is 11.4 Å². The quantitative estimate of drug-likeness (QED) is 0.672. The van der Waals surface area contributed by atoms with Gasteiger partial charge in [-0.3, -0.25) is 15.2 Å². The lowest BCUT2D eigenvalue weighted by molar-refractivity contribution is -0.385. The summed E-state index contributed by atoms with van der Waals surface area (Å²) in [5, 5.41) is 26.9. The van der Waals surface area contributed by atoms with Crippen molar-refractivity contribution in [3.63, 3.8) is 0 Å². The number of nitro benzene ring substituents is 1. The van der Waals surface area contributed by atoms with Crippen LogP contribution in [0.5, 0.6) is 0 Å². The van der Waals surface area contributed by atoms with Crippen LogP contribution in [0.25, 0.3) is 0 Å². The van der Waals surface area contributed by atoms with Gasteiger partial charge in [0.05, 0.1) is 18.1 Å². The van der Waals surface area contributed by atoms with Crippen LogP contribution in [0.1, 0.15) is 23.3 Å². The lowest BCUT2D eigenvalue weighted by atomic mass is 10.1. The Bertz CT molecular complexity index is 781. The number of hydrogen-bond acceptors (Lipinski definition) is 7. The summed E-state index contributed by atoms with van der Waals surface area (Å²) in [6.45, 7) is 3.44. The minimum Gasteiger partial charge on any atom is -0.366 e. The summed E-state index contributed by atoms with van der Waals surface area (Å²) in [6.07, 6.45) is -0.283. The number of anilines is 1. The zero-order valence-electron chi connectivity index (χ0n) is 12.4. The van der Waals surface area contributed by atoms with Gasteiger partial charge in [0.2, 0.25) is 0 Å². The molecule has 2 heterocycles. The van der Waals surface area contributed by atoms with Crippen molar-refractivity contribution in [1.29, 1.82) is 5.26 Å². The molecule has 1 aliphatic rings. The third-order valence-corrected chi connectivity index (χ3v) is 3.63. The van der Waals surface area contributed by atoms with Crippen LogP contribution in [0, 0.1) is 28.4 Å². The Hall–Kier alpha value is -2.99. The molecular weight excluding hydrogens is 300 g/mol. The van der Waals surface area contributed by atoms with Crippen molar-refractivity contribution < 1.29 is 9.66 Å². The van der Waals surface area contributed by atoms with Crippen molar-refractivity contribution >= 4 is 11.4 Å². The van der Waals surface area contributed by atoms with E-state index in [4.69, 9.17) is 10.00 Å². The van der Waals surface area contributed by atoms with Gasteiger partial charge in [-0.25, -0.2) is 4.98 Å². The Labute approximate surface area is 131 Å². The topological polar surface area (TPSA) is 121 Å². The fourth-order valence-corrected chi connectivity index (χ4v) is 2.51.